The third kappa shape index (κ3) is 2.98. The first-order valence-corrected chi connectivity index (χ1v) is 6.94. The molecule has 2 heterocycles. The first kappa shape index (κ1) is 15.7. The van der Waals surface area contributed by atoms with Gasteiger partial charge in [0, 0.05) is 19.6 Å². The molecule has 0 bridgehead atoms. The van der Waals surface area contributed by atoms with E-state index < -0.39 is 18.0 Å². The predicted octanol–water partition coefficient (Wildman–Crippen LogP) is 2.21. The molecule has 0 saturated carbocycles. The van der Waals surface area contributed by atoms with Crippen LogP contribution in [0.2, 0.25) is 0 Å². The number of nitrogens with zero attached hydrogens (tertiary/aromatic N) is 3. The maximum atomic E-state index is 12.8. The minimum Gasteiger partial charge on any atom is -0.395 e. The van der Waals surface area contributed by atoms with Gasteiger partial charge in [-0.05, 0) is 26.7 Å². The maximum absolute atomic E-state index is 12.8. The maximum Gasteiger partial charge on any atom is 0.393 e. The molecule has 1 atom stereocenters. The van der Waals surface area contributed by atoms with Crippen LogP contribution in [0.5, 0.6) is 0 Å². The van der Waals surface area contributed by atoms with Crippen molar-refractivity contribution in [2.75, 3.05) is 18.8 Å². The van der Waals surface area contributed by atoms with Crippen LogP contribution >= 0.6 is 0 Å². The number of carbonyl (C=O) groups excluding carboxylic acids is 1. The lowest BCUT2D eigenvalue weighted by Crippen LogP contribution is -2.45. The Bertz CT molecular complexity index is 538. The molecule has 5 nitrogen and oxygen atoms in total. The number of piperidine rings is 1. The van der Waals surface area contributed by atoms with Gasteiger partial charge in [0.1, 0.15) is 5.69 Å². The average molecular weight is 304 g/mol. The smallest absolute Gasteiger partial charge is 0.393 e. The van der Waals surface area contributed by atoms with Crippen molar-refractivity contribution >= 4 is 11.6 Å². The Morgan fingerprint density at radius 2 is 2.14 bits per heavy atom. The number of anilines is 1. The summed E-state index contributed by atoms with van der Waals surface area (Å²) in [6.45, 7) is 3.93. The number of alkyl halides is 3. The van der Waals surface area contributed by atoms with E-state index in [1.165, 1.54) is 9.58 Å². The van der Waals surface area contributed by atoms with Gasteiger partial charge in [0.05, 0.1) is 17.3 Å². The number of amides is 1. The molecule has 1 aliphatic rings. The third-order valence-corrected chi connectivity index (χ3v) is 3.85. The Kier molecular flexibility index (Phi) is 4.15. The quantitative estimate of drug-likeness (QED) is 0.911. The Labute approximate surface area is 120 Å². The van der Waals surface area contributed by atoms with Gasteiger partial charge in [0.25, 0.3) is 5.91 Å². The van der Waals surface area contributed by atoms with E-state index in [-0.39, 0.29) is 24.3 Å². The molecule has 1 aromatic heterocycles. The molecule has 1 fully saturated rings. The van der Waals surface area contributed by atoms with Crippen molar-refractivity contribution < 1.29 is 18.0 Å². The van der Waals surface area contributed by atoms with E-state index in [1.54, 1.807) is 13.8 Å². The van der Waals surface area contributed by atoms with Crippen LogP contribution < -0.4 is 5.73 Å². The number of hydrogen-bond donors (Lipinski definition) is 1. The molecule has 118 valence electrons. The van der Waals surface area contributed by atoms with Crippen molar-refractivity contribution in [2.24, 2.45) is 5.92 Å². The summed E-state index contributed by atoms with van der Waals surface area (Å²) in [5, 5.41) is 4.13. The molecule has 1 aliphatic heterocycles. The van der Waals surface area contributed by atoms with Crippen molar-refractivity contribution in [1.29, 1.82) is 0 Å². The summed E-state index contributed by atoms with van der Waals surface area (Å²) in [5.41, 5.74) is 6.81. The van der Waals surface area contributed by atoms with E-state index in [9.17, 15) is 18.0 Å². The summed E-state index contributed by atoms with van der Waals surface area (Å²) in [4.78, 5) is 13.7. The number of aromatic nitrogens is 2. The topological polar surface area (TPSA) is 64.2 Å². The lowest BCUT2D eigenvalue weighted by Gasteiger charge is -2.33. The van der Waals surface area contributed by atoms with Gasteiger partial charge >= 0.3 is 6.18 Å². The zero-order valence-electron chi connectivity index (χ0n) is 12.1. The zero-order valence-corrected chi connectivity index (χ0v) is 12.1. The largest absolute Gasteiger partial charge is 0.395 e. The van der Waals surface area contributed by atoms with Crippen LogP contribution in [0.4, 0.5) is 18.9 Å². The number of rotatable bonds is 2. The van der Waals surface area contributed by atoms with Gasteiger partial charge in [-0.3, -0.25) is 9.48 Å². The molecule has 1 unspecified atom stereocenters. The average Bonchev–Trinajstić information content (AvgIpc) is 2.73. The molecule has 0 spiro atoms. The van der Waals surface area contributed by atoms with Gasteiger partial charge in [0.2, 0.25) is 0 Å². The first-order chi connectivity index (χ1) is 9.75. The lowest BCUT2D eigenvalue weighted by molar-refractivity contribution is -0.184. The molecule has 1 aromatic rings. The van der Waals surface area contributed by atoms with Crippen LogP contribution in [-0.4, -0.2) is 39.9 Å². The first-order valence-electron chi connectivity index (χ1n) is 6.94. The summed E-state index contributed by atoms with van der Waals surface area (Å²) in [7, 11) is 0. The minimum absolute atomic E-state index is 0.0643. The van der Waals surface area contributed by atoms with E-state index in [1.807, 2.05) is 0 Å². The molecule has 2 N–H and O–H groups in total. The molecule has 1 amide bonds. The summed E-state index contributed by atoms with van der Waals surface area (Å²) >= 11 is 0. The number of halogens is 3. The Morgan fingerprint density at radius 1 is 1.48 bits per heavy atom. The summed E-state index contributed by atoms with van der Waals surface area (Å²) in [6, 6.07) is 0. The molecule has 1 saturated heterocycles. The normalized spacial score (nSPS) is 19.9. The Hall–Kier alpha value is -1.73. The second kappa shape index (κ2) is 5.57. The fraction of sp³-hybridized carbons (Fsp3) is 0.692. The van der Waals surface area contributed by atoms with Crippen molar-refractivity contribution in [1.82, 2.24) is 14.7 Å². The number of nitrogen functional groups attached to an aromatic ring is 1. The number of hydrogen-bond acceptors (Lipinski definition) is 3. The van der Waals surface area contributed by atoms with E-state index in [2.05, 4.69) is 5.10 Å². The predicted molar refractivity (Wildman–Crippen MR) is 71.7 cm³/mol. The second-order valence-electron chi connectivity index (χ2n) is 5.30. The molecular formula is C13H19F3N4O. The highest BCUT2D eigenvalue weighted by Gasteiger charge is 2.43. The van der Waals surface area contributed by atoms with Crippen LogP contribution in [0.25, 0.3) is 0 Å². The van der Waals surface area contributed by atoms with Crippen molar-refractivity contribution in [3.63, 3.8) is 0 Å². The van der Waals surface area contributed by atoms with Crippen LogP contribution in [-0.2, 0) is 6.54 Å². The third-order valence-electron chi connectivity index (χ3n) is 3.85. The van der Waals surface area contributed by atoms with Gasteiger partial charge in [-0.1, -0.05) is 0 Å². The highest BCUT2D eigenvalue weighted by atomic mass is 19.4. The molecular weight excluding hydrogens is 285 g/mol. The van der Waals surface area contributed by atoms with E-state index in [4.69, 9.17) is 5.73 Å². The highest BCUT2D eigenvalue weighted by Crippen LogP contribution is 2.34. The fourth-order valence-corrected chi connectivity index (χ4v) is 2.63. The van der Waals surface area contributed by atoms with Gasteiger partial charge < -0.3 is 10.6 Å². The molecule has 8 heteroatoms. The van der Waals surface area contributed by atoms with Crippen molar-refractivity contribution in [3.8, 4) is 0 Å². The minimum atomic E-state index is -4.27. The van der Waals surface area contributed by atoms with Gasteiger partial charge in [-0.2, -0.15) is 18.3 Å². The SMILES string of the molecule is CCn1nc(C)c(N)c1C(=O)N1CCCC(C(F)(F)F)C1. The van der Waals surface area contributed by atoms with Gasteiger partial charge in [0.15, 0.2) is 0 Å². The van der Waals surface area contributed by atoms with Crippen LogP contribution in [0.1, 0.15) is 35.9 Å². The summed E-state index contributed by atoms with van der Waals surface area (Å²) in [6.07, 6.45) is -3.87. The van der Waals surface area contributed by atoms with Crippen LogP contribution in [0, 0.1) is 12.8 Å². The van der Waals surface area contributed by atoms with Crippen molar-refractivity contribution in [3.05, 3.63) is 11.4 Å². The van der Waals surface area contributed by atoms with E-state index in [0.717, 1.165) is 0 Å². The molecule has 21 heavy (non-hydrogen) atoms. The van der Waals surface area contributed by atoms with Gasteiger partial charge in [-0.15, -0.1) is 0 Å². The Balaban J connectivity index is 2.24. The standard InChI is InChI=1S/C13H19F3N4O/c1-3-20-11(10(17)8(2)18-20)12(21)19-6-4-5-9(7-19)13(14,15)16/h9H,3-7,17H2,1-2H3. The highest BCUT2D eigenvalue weighted by molar-refractivity contribution is 5.98. The van der Waals surface area contributed by atoms with E-state index >= 15 is 0 Å². The molecule has 0 radical (unpaired) electrons. The molecule has 2 rings (SSSR count). The second-order valence-corrected chi connectivity index (χ2v) is 5.30. The molecule has 0 aliphatic carbocycles. The number of likely N-dealkylation sites (tertiary alicyclic amines) is 1. The van der Waals surface area contributed by atoms with Crippen LogP contribution in [0.15, 0.2) is 0 Å². The van der Waals surface area contributed by atoms with Gasteiger partial charge in [-0.25, -0.2) is 0 Å². The lowest BCUT2D eigenvalue weighted by atomic mass is 9.97. The fourth-order valence-electron chi connectivity index (χ4n) is 2.63. The molecule has 0 aromatic carbocycles. The van der Waals surface area contributed by atoms with Crippen molar-refractivity contribution in [2.45, 2.75) is 39.4 Å². The van der Waals surface area contributed by atoms with Crippen LogP contribution in [0.3, 0.4) is 0 Å². The summed E-state index contributed by atoms with van der Waals surface area (Å²) in [5.74, 6) is -1.93. The number of nitrogens with two attached hydrogens (primary N) is 1. The monoisotopic (exact) mass is 304 g/mol. The summed E-state index contributed by atoms with van der Waals surface area (Å²) < 4.78 is 39.9. The Morgan fingerprint density at radius 3 is 2.71 bits per heavy atom. The number of carbonyl (C=O) groups is 1. The number of aryl methyl sites for hydroxylation is 2. The zero-order chi connectivity index (χ0) is 15.8. The van der Waals surface area contributed by atoms with E-state index in [0.29, 0.717) is 25.2 Å².